The second-order valence-electron chi connectivity index (χ2n) is 5.35. The molecule has 0 bridgehead atoms. The van der Waals surface area contributed by atoms with Gasteiger partial charge in [0.15, 0.2) is 0 Å². The molecule has 122 valence electrons. The van der Waals surface area contributed by atoms with Crippen LogP contribution in [0.15, 0.2) is 24.3 Å². The summed E-state index contributed by atoms with van der Waals surface area (Å²) in [5, 5.41) is 5.49. The molecule has 3 unspecified atom stereocenters. The smallest absolute Gasteiger partial charge is 0.253 e. The van der Waals surface area contributed by atoms with Crippen LogP contribution in [0.2, 0.25) is 0 Å². The molecule has 0 aromatic heterocycles. The fourth-order valence-electron chi connectivity index (χ4n) is 1.76. The Morgan fingerprint density at radius 1 is 1.18 bits per heavy atom. The van der Waals surface area contributed by atoms with Gasteiger partial charge in [0.25, 0.3) is 5.91 Å². The highest BCUT2D eigenvalue weighted by atomic mass is 16.5. The molecule has 1 aromatic rings. The number of anilines is 2. The first-order valence-corrected chi connectivity index (χ1v) is 7.39. The lowest BCUT2D eigenvalue weighted by atomic mass is 9.99. The number of benzene rings is 1. The zero-order valence-electron chi connectivity index (χ0n) is 13.6. The molecule has 0 saturated carbocycles. The van der Waals surface area contributed by atoms with Crippen molar-refractivity contribution in [3.63, 3.8) is 0 Å². The van der Waals surface area contributed by atoms with Crippen molar-refractivity contribution in [3.05, 3.63) is 24.3 Å². The summed E-state index contributed by atoms with van der Waals surface area (Å²) in [6, 6.07) is 6.36. The average Bonchev–Trinajstić information content (AvgIpc) is 2.52. The average molecular weight is 307 g/mol. The summed E-state index contributed by atoms with van der Waals surface area (Å²) in [5.41, 5.74) is 7.07. The van der Waals surface area contributed by atoms with E-state index in [2.05, 4.69) is 10.6 Å². The number of carbonyl (C=O) groups is 2. The maximum atomic E-state index is 12.1. The van der Waals surface area contributed by atoms with Crippen molar-refractivity contribution in [2.24, 2.45) is 11.7 Å². The topological polar surface area (TPSA) is 93.5 Å². The van der Waals surface area contributed by atoms with Crippen molar-refractivity contribution >= 4 is 23.2 Å². The van der Waals surface area contributed by atoms with E-state index in [0.29, 0.717) is 11.4 Å². The zero-order chi connectivity index (χ0) is 16.7. The third kappa shape index (κ3) is 5.13. The molecule has 1 aromatic carbocycles. The highest BCUT2D eigenvalue weighted by Crippen LogP contribution is 2.16. The number of amides is 2. The number of carbonyl (C=O) groups excluding carboxylic acids is 2. The van der Waals surface area contributed by atoms with Crippen molar-refractivity contribution in [3.8, 4) is 0 Å². The molecule has 0 aliphatic heterocycles. The molecule has 2 amide bonds. The van der Waals surface area contributed by atoms with Crippen LogP contribution in [-0.2, 0) is 14.3 Å². The van der Waals surface area contributed by atoms with Gasteiger partial charge in [0.05, 0.1) is 6.04 Å². The van der Waals surface area contributed by atoms with Gasteiger partial charge in [-0.2, -0.15) is 0 Å². The molecule has 22 heavy (non-hydrogen) atoms. The van der Waals surface area contributed by atoms with Crippen LogP contribution in [0.25, 0.3) is 0 Å². The Bertz CT molecular complexity index is 519. The zero-order valence-corrected chi connectivity index (χ0v) is 13.6. The van der Waals surface area contributed by atoms with Crippen LogP contribution in [0, 0.1) is 5.92 Å². The standard InChI is InChI=1S/C16H25N3O3/c1-5-10(2)14(17)16(21)19-13-8-6-7-12(9-13)18-15(20)11(3)22-4/h6-11,14H,5,17H2,1-4H3,(H,18,20)(H,19,21). The molecular formula is C16H25N3O3. The molecule has 0 saturated heterocycles. The van der Waals surface area contributed by atoms with Gasteiger partial charge in [-0.05, 0) is 31.0 Å². The van der Waals surface area contributed by atoms with E-state index in [1.165, 1.54) is 7.11 Å². The molecule has 3 atom stereocenters. The highest BCUT2D eigenvalue weighted by Gasteiger charge is 2.19. The van der Waals surface area contributed by atoms with Crippen LogP contribution in [0.5, 0.6) is 0 Å². The van der Waals surface area contributed by atoms with E-state index in [-0.39, 0.29) is 17.7 Å². The van der Waals surface area contributed by atoms with Gasteiger partial charge in [-0.1, -0.05) is 26.3 Å². The Balaban J connectivity index is 2.72. The van der Waals surface area contributed by atoms with Crippen LogP contribution < -0.4 is 16.4 Å². The molecule has 6 heteroatoms. The van der Waals surface area contributed by atoms with Crippen LogP contribution >= 0.6 is 0 Å². The Hall–Kier alpha value is -1.92. The molecule has 0 aliphatic rings. The summed E-state index contributed by atoms with van der Waals surface area (Å²) in [6.45, 7) is 5.59. The van der Waals surface area contributed by atoms with Crippen LogP contribution in [0.3, 0.4) is 0 Å². The summed E-state index contributed by atoms with van der Waals surface area (Å²) in [5.74, 6) is -0.379. The first-order valence-electron chi connectivity index (χ1n) is 7.39. The number of nitrogens with one attached hydrogen (secondary N) is 2. The fourth-order valence-corrected chi connectivity index (χ4v) is 1.76. The number of methoxy groups -OCH3 is 1. The molecule has 0 heterocycles. The first kappa shape index (κ1) is 18.1. The Labute approximate surface area is 131 Å². The number of hydrogen-bond acceptors (Lipinski definition) is 4. The molecule has 0 radical (unpaired) electrons. The van der Waals surface area contributed by atoms with Crippen molar-refractivity contribution < 1.29 is 14.3 Å². The number of nitrogens with two attached hydrogens (primary N) is 1. The van der Waals surface area contributed by atoms with Crippen LogP contribution in [0.4, 0.5) is 11.4 Å². The molecule has 6 nitrogen and oxygen atoms in total. The second kappa shape index (κ2) is 8.51. The number of hydrogen-bond donors (Lipinski definition) is 3. The molecular weight excluding hydrogens is 282 g/mol. The van der Waals surface area contributed by atoms with Crippen molar-refractivity contribution in [1.82, 2.24) is 0 Å². The molecule has 4 N–H and O–H groups in total. The Morgan fingerprint density at radius 3 is 2.23 bits per heavy atom. The van der Waals surface area contributed by atoms with Crippen LogP contribution in [-0.4, -0.2) is 31.1 Å². The van der Waals surface area contributed by atoms with Gasteiger partial charge >= 0.3 is 0 Å². The number of ether oxygens (including phenoxy) is 1. The van der Waals surface area contributed by atoms with Crippen molar-refractivity contribution in [2.45, 2.75) is 39.3 Å². The minimum absolute atomic E-state index is 0.102. The van der Waals surface area contributed by atoms with Gasteiger partial charge in [0.2, 0.25) is 5.91 Å². The lowest BCUT2D eigenvalue weighted by molar-refractivity contribution is -0.124. The lowest BCUT2D eigenvalue weighted by Crippen LogP contribution is -2.40. The van der Waals surface area contributed by atoms with Gasteiger partial charge < -0.3 is 21.1 Å². The summed E-state index contributed by atoms with van der Waals surface area (Å²) >= 11 is 0. The highest BCUT2D eigenvalue weighted by molar-refractivity contribution is 5.97. The summed E-state index contributed by atoms with van der Waals surface area (Å²) in [4.78, 5) is 23.8. The van der Waals surface area contributed by atoms with E-state index in [1.54, 1.807) is 31.2 Å². The van der Waals surface area contributed by atoms with Gasteiger partial charge in [-0.3, -0.25) is 9.59 Å². The normalized spacial score (nSPS) is 14.8. The van der Waals surface area contributed by atoms with E-state index < -0.39 is 12.1 Å². The van der Waals surface area contributed by atoms with E-state index in [0.717, 1.165) is 6.42 Å². The van der Waals surface area contributed by atoms with Crippen molar-refractivity contribution in [2.75, 3.05) is 17.7 Å². The Kier molecular flexibility index (Phi) is 7.01. The van der Waals surface area contributed by atoms with Crippen LogP contribution in [0.1, 0.15) is 27.2 Å². The fraction of sp³-hybridized carbons (Fsp3) is 0.500. The third-order valence-corrected chi connectivity index (χ3v) is 3.68. The predicted octanol–water partition coefficient (Wildman–Crippen LogP) is 1.97. The van der Waals surface area contributed by atoms with Gasteiger partial charge in [-0.15, -0.1) is 0 Å². The van der Waals surface area contributed by atoms with E-state index >= 15 is 0 Å². The monoisotopic (exact) mass is 307 g/mol. The summed E-state index contributed by atoms with van der Waals surface area (Å²) < 4.78 is 4.95. The second-order valence-corrected chi connectivity index (χ2v) is 5.35. The molecule has 1 rings (SSSR count). The SMILES string of the molecule is CCC(C)C(N)C(=O)Nc1cccc(NC(=O)C(C)OC)c1. The minimum Gasteiger partial charge on any atom is -0.372 e. The van der Waals surface area contributed by atoms with E-state index in [4.69, 9.17) is 10.5 Å². The summed E-state index contributed by atoms with van der Waals surface area (Å²) in [7, 11) is 1.47. The third-order valence-electron chi connectivity index (χ3n) is 3.68. The van der Waals surface area contributed by atoms with E-state index in [1.807, 2.05) is 13.8 Å². The predicted molar refractivity (Wildman–Crippen MR) is 87.6 cm³/mol. The van der Waals surface area contributed by atoms with Crippen molar-refractivity contribution in [1.29, 1.82) is 0 Å². The summed E-state index contributed by atoms with van der Waals surface area (Å²) in [6.07, 6.45) is 0.289. The molecule has 0 fully saturated rings. The van der Waals surface area contributed by atoms with E-state index in [9.17, 15) is 9.59 Å². The lowest BCUT2D eigenvalue weighted by Gasteiger charge is -2.18. The molecule has 0 aliphatic carbocycles. The quantitative estimate of drug-likeness (QED) is 0.718. The first-order chi connectivity index (χ1) is 10.4. The minimum atomic E-state index is -0.559. The van der Waals surface area contributed by atoms with Gasteiger partial charge in [0, 0.05) is 18.5 Å². The number of rotatable bonds is 7. The largest absolute Gasteiger partial charge is 0.372 e. The van der Waals surface area contributed by atoms with Gasteiger partial charge in [0.1, 0.15) is 6.10 Å². The Morgan fingerprint density at radius 2 is 1.73 bits per heavy atom. The van der Waals surface area contributed by atoms with Gasteiger partial charge in [-0.25, -0.2) is 0 Å². The maximum Gasteiger partial charge on any atom is 0.253 e. The molecule has 0 spiro atoms. The maximum absolute atomic E-state index is 12.1.